The number of nitrogens with one attached hydrogen (secondary N) is 1. The van der Waals surface area contributed by atoms with Crippen molar-refractivity contribution in [1.29, 1.82) is 0 Å². The van der Waals surface area contributed by atoms with Gasteiger partial charge in [0, 0.05) is 29.3 Å². The van der Waals surface area contributed by atoms with Crippen molar-refractivity contribution >= 4 is 22.2 Å². The first-order valence-corrected chi connectivity index (χ1v) is 10.8. The largest absolute Gasteiger partial charge is 0.439 e. The Bertz CT molecular complexity index is 1440. The molecule has 8 heteroatoms. The van der Waals surface area contributed by atoms with Gasteiger partial charge in [0.25, 0.3) is 11.5 Å². The number of amides is 1. The molecule has 0 atom stereocenters. The highest BCUT2D eigenvalue weighted by molar-refractivity contribution is 7.17. The summed E-state index contributed by atoms with van der Waals surface area (Å²) in [6.45, 7) is 0.0662. The zero-order valence-electron chi connectivity index (χ0n) is 16.9. The van der Waals surface area contributed by atoms with Crippen LogP contribution in [0, 0.1) is 0 Å². The molecule has 7 nitrogen and oxygen atoms in total. The fourth-order valence-corrected chi connectivity index (χ4v) is 4.32. The predicted molar refractivity (Wildman–Crippen MR) is 122 cm³/mol. The van der Waals surface area contributed by atoms with E-state index in [9.17, 15) is 9.59 Å². The van der Waals surface area contributed by atoms with Crippen molar-refractivity contribution in [2.45, 2.75) is 13.0 Å². The molecule has 0 bridgehead atoms. The first kappa shape index (κ1) is 19.9. The third kappa shape index (κ3) is 4.08. The molecule has 32 heavy (non-hydrogen) atoms. The van der Waals surface area contributed by atoms with Gasteiger partial charge < -0.3 is 9.73 Å². The summed E-state index contributed by atoms with van der Waals surface area (Å²) in [5.41, 5.74) is 1.61. The van der Waals surface area contributed by atoms with E-state index in [-0.39, 0.29) is 12.1 Å². The Balaban J connectivity index is 1.31. The smallest absolute Gasteiger partial charge is 0.271 e. The second-order valence-electron chi connectivity index (χ2n) is 7.16. The SMILES string of the molecule is O=C(NCc1ncc(-c2ccccc2)o1)c1cnc2sc(Cc3ccccc3)cn2c1=O. The molecule has 5 aromatic rings. The van der Waals surface area contributed by atoms with E-state index in [4.69, 9.17) is 4.42 Å². The lowest BCUT2D eigenvalue weighted by atomic mass is 10.1. The van der Waals surface area contributed by atoms with Crippen LogP contribution in [0.5, 0.6) is 0 Å². The predicted octanol–water partition coefficient (Wildman–Crippen LogP) is 3.93. The second kappa shape index (κ2) is 8.60. The van der Waals surface area contributed by atoms with Crippen LogP contribution < -0.4 is 10.9 Å². The molecule has 3 heterocycles. The molecule has 0 fully saturated rings. The average molecular weight is 443 g/mol. The zero-order valence-corrected chi connectivity index (χ0v) is 17.7. The maximum absolute atomic E-state index is 12.9. The van der Waals surface area contributed by atoms with Gasteiger partial charge in [-0.05, 0) is 5.56 Å². The highest BCUT2D eigenvalue weighted by Gasteiger charge is 2.16. The monoisotopic (exact) mass is 442 g/mol. The van der Waals surface area contributed by atoms with Gasteiger partial charge in [0.05, 0.1) is 12.7 Å². The Hall–Kier alpha value is -4.04. The van der Waals surface area contributed by atoms with Crippen LogP contribution in [-0.4, -0.2) is 20.3 Å². The lowest BCUT2D eigenvalue weighted by Gasteiger charge is -2.02. The minimum absolute atomic E-state index is 0.0265. The van der Waals surface area contributed by atoms with Crippen molar-refractivity contribution in [3.8, 4) is 11.3 Å². The average Bonchev–Trinajstić information content (AvgIpc) is 3.46. The molecule has 0 aliphatic carbocycles. The molecular weight excluding hydrogens is 424 g/mol. The molecule has 0 aliphatic heterocycles. The van der Waals surface area contributed by atoms with E-state index in [0.717, 1.165) is 16.0 Å². The van der Waals surface area contributed by atoms with Crippen LogP contribution in [-0.2, 0) is 13.0 Å². The molecule has 5 rings (SSSR count). The van der Waals surface area contributed by atoms with E-state index < -0.39 is 11.5 Å². The van der Waals surface area contributed by atoms with Gasteiger partial charge in [0.2, 0.25) is 5.89 Å². The molecule has 0 aliphatic rings. The van der Waals surface area contributed by atoms with Crippen molar-refractivity contribution in [3.05, 3.63) is 112 Å². The maximum atomic E-state index is 12.9. The van der Waals surface area contributed by atoms with Crippen molar-refractivity contribution in [1.82, 2.24) is 19.7 Å². The summed E-state index contributed by atoms with van der Waals surface area (Å²) < 4.78 is 7.12. The first-order chi connectivity index (χ1) is 15.7. The van der Waals surface area contributed by atoms with Crippen LogP contribution >= 0.6 is 11.3 Å². The van der Waals surface area contributed by atoms with Gasteiger partial charge in [0.1, 0.15) is 5.56 Å². The van der Waals surface area contributed by atoms with E-state index in [0.29, 0.717) is 23.0 Å². The minimum atomic E-state index is -0.521. The standard InChI is InChI=1S/C24H18N4O3S/c29-22(26-14-21-25-13-20(31-21)17-9-5-2-6-10-17)19-12-27-24-28(23(19)30)15-18(32-24)11-16-7-3-1-4-8-16/h1-10,12-13,15H,11,14H2,(H,26,29). The molecule has 0 saturated carbocycles. The molecular formula is C24H18N4O3S. The van der Waals surface area contributed by atoms with Crippen molar-refractivity contribution in [3.63, 3.8) is 0 Å². The van der Waals surface area contributed by atoms with Gasteiger partial charge in [-0.15, -0.1) is 11.3 Å². The van der Waals surface area contributed by atoms with Crippen LogP contribution in [0.3, 0.4) is 0 Å². The van der Waals surface area contributed by atoms with Crippen LogP contribution in [0.1, 0.15) is 26.7 Å². The van der Waals surface area contributed by atoms with Gasteiger partial charge in [0.15, 0.2) is 10.7 Å². The van der Waals surface area contributed by atoms with E-state index >= 15 is 0 Å². The van der Waals surface area contributed by atoms with E-state index in [1.165, 1.54) is 21.9 Å². The Morgan fingerprint density at radius 2 is 1.75 bits per heavy atom. The number of thiazole rings is 1. The summed E-state index contributed by atoms with van der Waals surface area (Å²) in [6.07, 6.45) is 5.38. The number of fused-ring (bicyclic) bond motifs is 1. The second-order valence-corrected chi connectivity index (χ2v) is 8.25. The molecule has 158 valence electrons. The van der Waals surface area contributed by atoms with Crippen LogP contribution in [0.15, 0.2) is 88.5 Å². The Morgan fingerprint density at radius 1 is 1.00 bits per heavy atom. The summed E-state index contributed by atoms with van der Waals surface area (Å²) in [7, 11) is 0. The number of rotatable bonds is 6. The third-order valence-corrected chi connectivity index (χ3v) is 5.93. The van der Waals surface area contributed by atoms with Gasteiger partial charge in [-0.2, -0.15) is 0 Å². The molecule has 0 saturated heterocycles. The number of hydrogen-bond acceptors (Lipinski definition) is 6. The van der Waals surface area contributed by atoms with E-state index in [2.05, 4.69) is 15.3 Å². The van der Waals surface area contributed by atoms with Gasteiger partial charge >= 0.3 is 0 Å². The molecule has 0 unspecified atom stereocenters. The highest BCUT2D eigenvalue weighted by Crippen LogP contribution is 2.20. The maximum Gasteiger partial charge on any atom is 0.271 e. The topological polar surface area (TPSA) is 89.5 Å². The zero-order chi connectivity index (χ0) is 21.9. The Labute approximate surface area is 187 Å². The van der Waals surface area contributed by atoms with Crippen LogP contribution in [0.25, 0.3) is 16.3 Å². The molecule has 1 N–H and O–H groups in total. The molecule has 0 spiro atoms. The number of carbonyl (C=O) groups excluding carboxylic acids is 1. The van der Waals surface area contributed by atoms with Crippen molar-refractivity contribution in [2.24, 2.45) is 0 Å². The van der Waals surface area contributed by atoms with Crippen molar-refractivity contribution < 1.29 is 9.21 Å². The van der Waals surface area contributed by atoms with Crippen molar-refractivity contribution in [2.75, 3.05) is 0 Å². The third-order valence-electron chi connectivity index (χ3n) is 4.93. The van der Waals surface area contributed by atoms with E-state index in [1.807, 2.05) is 60.7 Å². The van der Waals surface area contributed by atoms with Crippen LogP contribution in [0.4, 0.5) is 0 Å². The number of aromatic nitrogens is 3. The quantitative estimate of drug-likeness (QED) is 0.430. The summed E-state index contributed by atoms with van der Waals surface area (Å²) in [5.74, 6) is 0.446. The fourth-order valence-electron chi connectivity index (χ4n) is 3.34. The minimum Gasteiger partial charge on any atom is -0.439 e. The highest BCUT2D eigenvalue weighted by atomic mass is 32.1. The van der Waals surface area contributed by atoms with E-state index in [1.54, 1.807) is 12.4 Å². The molecule has 3 aromatic heterocycles. The Kier molecular flexibility index (Phi) is 5.35. The summed E-state index contributed by atoms with van der Waals surface area (Å²) in [4.78, 5) is 35.5. The molecule has 1 amide bonds. The number of oxazole rings is 1. The van der Waals surface area contributed by atoms with Gasteiger partial charge in [-0.3, -0.25) is 14.0 Å². The lowest BCUT2D eigenvalue weighted by Crippen LogP contribution is -2.30. The van der Waals surface area contributed by atoms with Crippen LogP contribution in [0.2, 0.25) is 0 Å². The number of hydrogen-bond donors (Lipinski definition) is 1. The lowest BCUT2D eigenvalue weighted by molar-refractivity contribution is 0.0945. The Morgan fingerprint density at radius 3 is 2.53 bits per heavy atom. The summed E-state index contributed by atoms with van der Waals surface area (Å²) in [6, 6.07) is 19.6. The fraction of sp³-hybridized carbons (Fsp3) is 0.0833. The summed E-state index contributed by atoms with van der Waals surface area (Å²) >= 11 is 1.43. The molecule has 0 radical (unpaired) electrons. The van der Waals surface area contributed by atoms with Gasteiger partial charge in [-0.1, -0.05) is 60.7 Å². The molecule has 2 aromatic carbocycles. The number of nitrogens with zero attached hydrogens (tertiary/aromatic N) is 3. The first-order valence-electron chi connectivity index (χ1n) is 10.00. The number of carbonyl (C=O) groups is 1. The van der Waals surface area contributed by atoms with Gasteiger partial charge in [-0.25, -0.2) is 9.97 Å². The normalized spacial score (nSPS) is 11.0. The number of benzene rings is 2. The summed E-state index contributed by atoms with van der Waals surface area (Å²) in [5, 5.41) is 2.69.